The van der Waals surface area contributed by atoms with Crippen LogP contribution in [0.1, 0.15) is 12.0 Å². The normalized spacial score (nSPS) is 16.3. The minimum Gasteiger partial charge on any atom is -0.350 e. The van der Waals surface area contributed by atoms with E-state index in [1.54, 1.807) is 16.9 Å². The van der Waals surface area contributed by atoms with Crippen molar-refractivity contribution in [2.45, 2.75) is 19.0 Å². The number of rotatable bonds is 5. The molecule has 0 amide bonds. The van der Waals surface area contributed by atoms with Crippen molar-refractivity contribution in [3.05, 3.63) is 64.9 Å². The molecule has 1 aliphatic heterocycles. The lowest BCUT2D eigenvalue weighted by atomic mass is 10.1. The number of anilines is 2. The smallest absolute Gasteiger partial charge is 0.230 e. The van der Waals surface area contributed by atoms with Gasteiger partial charge in [0.25, 0.3) is 0 Å². The number of nitrogens with zero attached hydrogens (tertiary/aromatic N) is 6. The summed E-state index contributed by atoms with van der Waals surface area (Å²) in [5.41, 5.74) is 9.99. The zero-order valence-corrected chi connectivity index (χ0v) is 17.8. The van der Waals surface area contributed by atoms with E-state index in [0.29, 0.717) is 18.4 Å². The Kier molecular flexibility index (Phi) is 5.06. The minimum absolute atomic E-state index is 0.159. The fourth-order valence-corrected chi connectivity index (χ4v) is 3.92. The van der Waals surface area contributed by atoms with Crippen LogP contribution < -0.4 is 16.0 Å². The van der Waals surface area contributed by atoms with Crippen LogP contribution in [0, 0.1) is 0 Å². The summed E-state index contributed by atoms with van der Waals surface area (Å²) in [5, 5.41) is 7.80. The van der Waals surface area contributed by atoms with Gasteiger partial charge in [0.15, 0.2) is 5.65 Å². The molecule has 0 spiro atoms. The van der Waals surface area contributed by atoms with Crippen molar-refractivity contribution in [1.82, 2.24) is 24.6 Å². The first-order chi connectivity index (χ1) is 14.7. The lowest BCUT2D eigenvalue weighted by molar-refractivity contribution is 0.749. The molecule has 1 aliphatic rings. The van der Waals surface area contributed by atoms with E-state index in [2.05, 4.69) is 65.5 Å². The highest BCUT2D eigenvalue weighted by atomic mass is 79.9. The Labute approximate surface area is 182 Å². The van der Waals surface area contributed by atoms with Crippen molar-refractivity contribution < 1.29 is 0 Å². The molecule has 9 heteroatoms. The quantitative estimate of drug-likeness (QED) is 0.468. The van der Waals surface area contributed by atoms with Crippen molar-refractivity contribution in [2.24, 2.45) is 5.73 Å². The number of nitrogens with one attached hydrogen (secondary N) is 1. The first-order valence-corrected chi connectivity index (χ1v) is 10.6. The van der Waals surface area contributed by atoms with Crippen LogP contribution in [0.25, 0.3) is 16.9 Å². The van der Waals surface area contributed by atoms with Crippen LogP contribution in [0.3, 0.4) is 0 Å². The summed E-state index contributed by atoms with van der Waals surface area (Å²) < 4.78 is 2.55. The van der Waals surface area contributed by atoms with Gasteiger partial charge in [-0.3, -0.25) is 4.98 Å². The molecule has 1 saturated heterocycles. The lowest BCUT2D eigenvalue weighted by Crippen LogP contribution is -2.28. The highest BCUT2D eigenvalue weighted by Crippen LogP contribution is 2.24. The molecule has 0 radical (unpaired) electrons. The highest BCUT2D eigenvalue weighted by molar-refractivity contribution is 9.10. The number of benzene rings is 1. The van der Waals surface area contributed by atoms with E-state index in [4.69, 9.17) is 10.7 Å². The van der Waals surface area contributed by atoms with Gasteiger partial charge in [0.2, 0.25) is 11.9 Å². The third-order valence-electron chi connectivity index (χ3n) is 5.19. The van der Waals surface area contributed by atoms with Crippen molar-refractivity contribution >= 4 is 33.5 Å². The molecule has 0 aliphatic carbocycles. The maximum Gasteiger partial charge on any atom is 0.230 e. The zero-order chi connectivity index (χ0) is 20.5. The van der Waals surface area contributed by atoms with Crippen LogP contribution in [-0.2, 0) is 6.54 Å². The van der Waals surface area contributed by atoms with Crippen molar-refractivity contribution in [2.75, 3.05) is 23.3 Å². The van der Waals surface area contributed by atoms with Gasteiger partial charge in [0.1, 0.15) is 0 Å². The van der Waals surface area contributed by atoms with Gasteiger partial charge in [-0.05, 0) is 40.0 Å². The Hall–Kier alpha value is -3.04. The number of fused-ring (bicyclic) bond motifs is 1. The molecule has 1 fully saturated rings. The predicted molar refractivity (Wildman–Crippen MR) is 120 cm³/mol. The molecular formula is C21H21BrN8. The average molecular weight is 465 g/mol. The summed E-state index contributed by atoms with van der Waals surface area (Å²) in [6.07, 6.45) is 4.48. The fraction of sp³-hybridized carbons (Fsp3) is 0.238. The van der Waals surface area contributed by atoms with Gasteiger partial charge >= 0.3 is 0 Å². The van der Waals surface area contributed by atoms with E-state index >= 15 is 0 Å². The Bertz CT molecular complexity index is 1160. The molecule has 152 valence electrons. The molecular weight excluding hydrogens is 444 g/mol. The average Bonchev–Trinajstić information content (AvgIpc) is 3.39. The molecule has 4 aromatic rings. The standard InChI is InChI=1S/C21H21BrN8/c22-17-12-26-30-19(17)27-21(29-10-8-16(23)13-29)28-20(30)25-11-14-4-6-15(7-5-14)18-3-1-2-9-24-18/h1-7,9,12,16H,8,10-11,13,23H2,(H,25,27,28). The van der Waals surface area contributed by atoms with Crippen LogP contribution in [-0.4, -0.2) is 43.7 Å². The Morgan fingerprint density at radius 1 is 1.13 bits per heavy atom. The second-order valence-corrected chi connectivity index (χ2v) is 8.19. The van der Waals surface area contributed by atoms with E-state index in [1.807, 2.05) is 18.2 Å². The van der Waals surface area contributed by atoms with Gasteiger partial charge in [0, 0.05) is 37.4 Å². The highest BCUT2D eigenvalue weighted by Gasteiger charge is 2.23. The molecule has 1 aromatic carbocycles. The molecule has 30 heavy (non-hydrogen) atoms. The number of nitrogens with two attached hydrogens (primary N) is 1. The van der Waals surface area contributed by atoms with E-state index < -0.39 is 0 Å². The lowest BCUT2D eigenvalue weighted by Gasteiger charge is -2.17. The van der Waals surface area contributed by atoms with Gasteiger partial charge in [0.05, 0.1) is 16.4 Å². The SMILES string of the molecule is NC1CCN(c2nc(NCc3ccc(-c4ccccn4)cc3)n3ncc(Br)c3n2)C1. The van der Waals surface area contributed by atoms with Gasteiger partial charge in [-0.2, -0.15) is 19.6 Å². The van der Waals surface area contributed by atoms with Gasteiger partial charge in [-0.25, -0.2) is 0 Å². The van der Waals surface area contributed by atoms with Gasteiger partial charge < -0.3 is 16.0 Å². The Morgan fingerprint density at radius 2 is 2.00 bits per heavy atom. The molecule has 1 unspecified atom stereocenters. The number of halogens is 1. The second kappa shape index (κ2) is 8.00. The summed E-state index contributed by atoms with van der Waals surface area (Å²) >= 11 is 3.53. The number of aromatic nitrogens is 5. The molecule has 0 saturated carbocycles. The van der Waals surface area contributed by atoms with Crippen molar-refractivity contribution in [3.8, 4) is 11.3 Å². The first-order valence-electron chi connectivity index (χ1n) is 9.83. The molecule has 4 heterocycles. The molecule has 5 rings (SSSR count). The van der Waals surface area contributed by atoms with E-state index in [9.17, 15) is 0 Å². The number of pyridine rings is 1. The molecule has 3 N–H and O–H groups in total. The maximum absolute atomic E-state index is 6.07. The van der Waals surface area contributed by atoms with Crippen molar-refractivity contribution in [3.63, 3.8) is 0 Å². The molecule has 8 nitrogen and oxygen atoms in total. The number of hydrogen-bond donors (Lipinski definition) is 2. The predicted octanol–water partition coefficient (Wildman–Crippen LogP) is 3.10. The van der Waals surface area contributed by atoms with E-state index in [-0.39, 0.29) is 6.04 Å². The first kappa shape index (κ1) is 19.0. The van der Waals surface area contributed by atoms with Crippen LogP contribution >= 0.6 is 15.9 Å². The van der Waals surface area contributed by atoms with Crippen LogP contribution in [0.15, 0.2) is 59.3 Å². The minimum atomic E-state index is 0.159. The topological polar surface area (TPSA) is 97.3 Å². The molecule has 3 aromatic heterocycles. The number of hydrogen-bond acceptors (Lipinski definition) is 7. The second-order valence-electron chi connectivity index (χ2n) is 7.34. The van der Waals surface area contributed by atoms with E-state index in [0.717, 1.165) is 46.5 Å². The molecule has 1 atom stereocenters. The molecule has 0 bridgehead atoms. The van der Waals surface area contributed by atoms with Crippen LogP contribution in [0.4, 0.5) is 11.9 Å². The van der Waals surface area contributed by atoms with Crippen molar-refractivity contribution in [1.29, 1.82) is 0 Å². The van der Waals surface area contributed by atoms with Crippen LogP contribution in [0.5, 0.6) is 0 Å². The van der Waals surface area contributed by atoms with Gasteiger partial charge in [-0.15, -0.1) is 0 Å². The zero-order valence-electron chi connectivity index (χ0n) is 16.2. The maximum atomic E-state index is 6.07. The summed E-state index contributed by atoms with van der Waals surface area (Å²) in [6.45, 7) is 2.24. The summed E-state index contributed by atoms with van der Waals surface area (Å²) in [7, 11) is 0. The van der Waals surface area contributed by atoms with Crippen LogP contribution in [0.2, 0.25) is 0 Å². The van der Waals surface area contributed by atoms with E-state index in [1.165, 1.54) is 0 Å². The van der Waals surface area contributed by atoms with Gasteiger partial charge in [-0.1, -0.05) is 30.3 Å². The summed E-state index contributed by atoms with van der Waals surface area (Å²) in [5.74, 6) is 1.32. The third-order valence-corrected chi connectivity index (χ3v) is 5.75. The summed E-state index contributed by atoms with van der Waals surface area (Å²) in [4.78, 5) is 15.9. The summed E-state index contributed by atoms with van der Waals surface area (Å²) in [6, 6.07) is 14.4. The largest absolute Gasteiger partial charge is 0.350 e. The Morgan fingerprint density at radius 3 is 2.73 bits per heavy atom. The monoisotopic (exact) mass is 464 g/mol. The third kappa shape index (κ3) is 3.73. The Balaban J connectivity index is 1.38. The fourth-order valence-electron chi connectivity index (χ4n) is 3.57.